The van der Waals surface area contributed by atoms with E-state index in [0.29, 0.717) is 0 Å². The van der Waals surface area contributed by atoms with Gasteiger partial charge in [0.2, 0.25) is 5.91 Å². The van der Waals surface area contributed by atoms with Crippen LogP contribution in [0.4, 0.5) is 0 Å². The summed E-state index contributed by atoms with van der Waals surface area (Å²) in [5, 5.41) is 3.00. The lowest BCUT2D eigenvalue weighted by molar-refractivity contribution is -0.120. The quantitative estimate of drug-likeness (QED) is 0.849. The summed E-state index contributed by atoms with van der Waals surface area (Å²) in [6.07, 6.45) is 6.08. The van der Waals surface area contributed by atoms with Crippen molar-refractivity contribution in [2.45, 2.75) is 6.04 Å². The maximum atomic E-state index is 11.7. The average molecular weight is 317 g/mol. The second kappa shape index (κ2) is 5.13. The number of fused-ring (bicyclic) bond motifs is 1. The molecule has 1 aromatic rings. The molecule has 3 rings (SSSR count). The summed E-state index contributed by atoms with van der Waals surface area (Å²) in [4.78, 5) is 16.2. The van der Waals surface area contributed by atoms with E-state index < -0.39 is 0 Å². The Morgan fingerprint density at radius 3 is 2.84 bits per heavy atom. The Morgan fingerprint density at radius 2 is 2.05 bits per heavy atom. The fourth-order valence-corrected chi connectivity index (χ4v) is 2.86. The predicted octanol–water partition coefficient (Wildman–Crippen LogP) is 2.44. The Morgan fingerprint density at radius 1 is 1.26 bits per heavy atom. The number of allylic oxidation sites excluding steroid dienone is 2. The summed E-state index contributed by atoms with van der Waals surface area (Å²) in [7, 11) is 0. The third-order valence-corrected chi connectivity index (χ3v) is 3.82. The molecule has 2 atom stereocenters. The van der Waals surface area contributed by atoms with Crippen molar-refractivity contribution in [1.82, 2.24) is 5.32 Å². The standard InChI is InChI=1S/C15H13BrN2O/c16-11-6-7-13-12(8-11)15(17-9-14(19)18-13)10-4-2-1-3-5-10/h1-8,12-13H,9H2,(H,18,19)/t12?,13-/m0/s1. The summed E-state index contributed by atoms with van der Waals surface area (Å²) in [5.41, 5.74) is 2.03. The molecule has 0 aromatic heterocycles. The van der Waals surface area contributed by atoms with E-state index in [2.05, 4.69) is 32.3 Å². The molecule has 96 valence electrons. The molecule has 1 amide bonds. The molecule has 1 heterocycles. The van der Waals surface area contributed by atoms with Crippen LogP contribution in [-0.4, -0.2) is 24.2 Å². The van der Waals surface area contributed by atoms with E-state index in [-0.39, 0.29) is 24.4 Å². The van der Waals surface area contributed by atoms with Gasteiger partial charge in [-0.05, 0) is 5.56 Å². The third kappa shape index (κ3) is 2.54. The summed E-state index contributed by atoms with van der Waals surface area (Å²) >= 11 is 3.50. The van der Waals surface area contributed by atoms with Gasteiger partial charge < -0.3 is 5.32 Å². The van der Waals surface area contributed by atoms with Gasteiger partial charge in [0.05, 0.1) is 11.8 Å². The fourth-order valence-electron chi connectivity index (χ4n) is 2.42. The van der Waals surface area contributed by atoms with Crippen molar-refractivity contribution in [1.29, 1.82) is 0 Å². The zero-order valence-corrected chi connectivity index (χ0v) is 11.8. The highest BCUT2D eigenvalue weighted by molar-refractivity contribution is 9.11. The molecule has 19 heavy (non-hydrogen) atoms. The predicted molar refractivity (Wildman–Crippen MR) is 79.4 cm³/mol. The van der Waals surface area contributed by atoms with Gasteiger partial charge in [-0.2, -0.15) is 0 Å². The molecular formula is C15H13BrN2O. The minimum Gasteiger partial charge on any atom is -0.347 e. The summed E-state index contributed by atoms with van der Waals surface area (Å²) < 4.78 is 1.02. The van der Waals surface area contributed by atoms with Gasteiger partial charge in [0.1, 0.15) is 6.54 Å². The van der Waals surface area contributed by atoms with Crippen molar-refractivity contribution in [3.05, 3.63) is 58.6 Å². The number of benzene rings is 1. The van der Waals surface area contributed by atoms with Gasteiger partial charge in [0.25, 0.3) is 0 Å². The van der Waals surface area contributed by atoms with E-state index in [1.807, 2.05) is 42.5 Å². The number of carbonyl (C=O) groups is 1. The highest BCUT2D eigenvalue weighted by Gasteiger charge is 2.29. The van der Waals surface area contributed by atoms with Crippen LogP contribution in [0.25, 0.3) is 0 Å². The number of nitrogens with zero attached hydrogens (tertiary/aromatic N) is 1. The Bertz CT molecular complexity index is 589. The van der Waals surface area contributed by atoms with Crippen LogP contribution in [0.1, 0.15) is 5.56 Å². The second-order valence-electron chi connectivity index (χ2n) is 4.60. The van der Waals surface area contributed by atoms with Crippen molar-refractivity contribution in [2.75, 3.05) is 6.54 Å². The number of halogens is 1. The largest absolute Gasteiger partial charge is 0.347 e. The molecule has 3 nitrogen and oxygen atoms in total. The van der Waals surface area contributed by atoms with Crippen LogP contribution in [-0.2, 0) is 4.79 Å². The van der Waals surface area contributed by atoms with Gasteiger partial charge in [-0.3, -0.25) is 9.79 Å². The third-order valence-electron chi connectivity index (χ3n) is 3.29. The lowest BCUT2D eigenvalue weighted by atomic mass is 9.87. The minimum absolute atomic E-state index is 0.0183. The highest BCUT2D eigenvalue weighted by atomic mass is 79.9. The molecule has 0 saturated carbocycles. The molecule has 0 bridgehead atoms. The first kappa shape index (κ1) is 12.4. The molecule has 1 N–H and O–H groups in total. The van der Waals surface area contributed by atoms with E-state index in [9.17, 15) is 4.79 Å². The molecule has 1 aliphatic heterocycles. The van der Waals surface area contributed by atoms with E-state index in [4.69, 9.17) is 0 Å². The van der Waals surface area contributed by atoms with Crippen molar-refractivity contribution in [2.24, 2.45) is 10.9 Å². The van der Waals surface area contributed by atoms with Crippen molar-refractivity contribution >= 4 is 27.5 Å². The van der Waals surface area contributed by atoms with Crippen molar-refractivity contribution < 1.29 is 4.79 Å². The number of nitrogens with one attached hydrogen (secondary N) is 1. The Balaban J connectivity index is 2.05. The van der Waals surface area contributed by atoms with Gasteiger partial charge in [-0.1, -0.05) is 64.5 Å². The Labute approximate surface area is 120 Å². The molecule has 0 spiro atoms. The van der Waals surface area contributed by atoms with E-state index >= 15 is 0 Å². The summed E-state index contributed by atoms with van der Waals surface area (Å²) in [5.74, 6) is 0.0465. The smallest absolute Gasteiger partial charge is 0.242 e. The molecule has 4 heteroatoms. The normalized spacial score (nSPS) is 25.8. The number of hydrogen-bond donors (Lipinski definition) is 1. The second-order valence-corrected chi connectivity index (χ2v) is 5.51. The first-order valence-electron chi connectivity index (χ1n) is 6.19. The van der Waals surface area contributed by atoms with Gasteiger partial charge >= 0.3 is 0 Å². The summed E-state index contributed by atoms with van der Waals surface area (Å²) in [6, 6.07) is 10.0. The number of aliphatic imine (C=N–C) groups is 1. The molecule has 1 aromatic carbocycles. The molecule has 1 unspecified atom stereocenters. The van der Waals surface area contributed by atoms with Crippen LogP contribution < -0.4 is 5.32 Å². The zero-order chi connectivity index (χ0) is 13.2. The maximum Gasteiger partial charge on any atom is 0.242 e. The zero-order valence-electron chi connectivity index (χ0n) is 10.2. The van der Waals surface area contributed by atoms with Gasteiger partial charge in [0, 0.05) is 10.4 Å². The van der Waals surface area contributed by atoms with Crippen LogP contribution in [0.3, 0.4) is 0 Å². The van der Waals surface area contributed by atoms with Crippen LogP contribution >= 0.6 is 15.9 Å². The molecule has 0 saturated heterocycles. The first-order chi connectivity index (χ1) is 9.24. The molecule has 1 aliphatic carbocycles. The lowest BCUT2D eigenvalue weighted by Gasteiger charge is -2.25. The first-order valence-corrected chi connectivity index (χ1v) is 6.98. The number of amides is 1. The minimum atomic E-state index is -0.0306. The fraction of sp³-hybridized carbons (Fsp3) is 0.200. The molecule has 2 aliphatic rings. The van der Waals surface area contributed by atoms with Gasteiger partial charge in [-0.25, -0.2) is 0 Å². The topological polar surface area (TPSA) is 41.5 Å². The van der Waals surface area contributed by atoms with Crippen LogP contribution in [0.2, 0.25) is 0 Å². The number of rotatable bonds is 1. The molecule has 0 radical (unpaired) electrons. The van der Waals surface area contributed by atoms with Gasteiger partial charge in [0.15, 0.2) is 0 Å². The Kier molecular flexibility index (Phi) is 3.34. The van der Waals surface area contributed by atoms with Gasteiger partial charge in [-0.15, -0.1) is 0 Å². The molecular weight excluding hydrogens is 304 g/mol. The average Bonchev–Trinajstić information content (AvgIpc) is 2.58. The highest BCUT2D eigenvalue weighted by Crippen LogP contribution is 2.26. The monoisotopic (exact) mass is 316 g/mol. The van der Waals surface area contributed by atoms with Crippen molar-refractivity contribution in [3.63, 3.8) is 0 Å². The van der Waals surface area contributed by atoms with Crippen LogP contribution in [0, 0.1) is 5.92 Å². The van der Waals surface area contributed by atoms with Crippen LogP contribution in [0.15, 0.2) is 58.0 Å². The molecule has 0 fully saturated rings. The van der Waals surface area contributed by atoms with Crippen LogP contribution in [0.5, 0.6) is 0 Å². The van der Waals surface area contributed by atoms with Crippen molar-refractivity contribution in [3.8, 4) is 0 Å². The number of hydrogen-bond acceptors (Lipinski definition) is 2. The lowest BCUT2D eigenvalue weighted by Crippen LogP contribution is -2.40. The van der Waals surface area contributed by atoms with E-state index in [1.165, 1.54) is 0 Å². The Hall–Kier alpha value is -1.68. The SMILES string of the molecule is O=C1CN=C(c2ccccc2)C2C=C(Br)C=C[C@@H]2N1. The number of carbonyl (C=O) groups excluding carboxylic acids is 1. The van der Waals surface area contributed by atoms with E-state index in [1.54, 1.807) is 0 Å². The van der Waals surface area contributed by atoms with E-state index in [0.717, 1.165) is 15.8 Å². The summed E-state index contributed by atoms with van der Waals surface area (Å²) in [6.45, 7) is 0.191. The maximum absolute atomic E-state index is 11.7.